The maximum Gasteiger partial charge on any atom is 0.294 e. The van der Waals surface area contributed by atoms with Crippen molar-refractivity contribution in [3.05, 3.63) is 35.3 Å². The van der Waals surface area contributed by atoms with Crippen LogP contribution in [0.5, 0.6) is 5.19 Å². The van der Waals surface area contributed by atoms with E-state index in [9.17, 15) is 4.79 Å². The molecule has 0 saturated carbocycles. The van der Waals surface area contributed by atoms with Crippen LogP contribution in [0.3, 0.4) is 0 Å². The molecule has 2 heterocycles. The van der Waals surface area contributed by atoms with E-state index in [-0.39, 0.29) is 11.9 Å². The molecule has 0 N–H and O–H groups in total. The predicted octanol–water partition coefficient (Wildman–Crippen LogP) is 2.56. The molecule has 1 aromatic carbocycles. The van der Waals surface area contributed by atoms with E-state index in [1.54, 1.807) is 0 Å². The predicted molar refractivity (Wildman–Crippen MR) is 94.4 cm³/mol. The number of piperidine rings is 1. The minimum atomic E-state index is -0.126. The largest absolute Gasteiger partial charge is 0.469 e. The summed E-state index contributed by atoms with van der Waals surface area (Å²) in [5, 5.41) is 9.61. The molecule has 3 rings (SSSR count). The minimum Gasteiger partial charge on any atom is -0.469 e. The number of carbonyl (C=O) groups is 1. The van der Waals surface area contributed by atoms with Crippen molar-refractivity contribution in [2.24, 2.45) is 0 Å². The monoisotopic (exact) mass is 346 g/mol. The molecule has 6 nitrogen and oxygen atoms in total. The van der Waals surface area contributed by atoms with Crippen LogP contribution in [0, 0.1) is 0 Å². The maximum absolute atomic E-state index is 12.9. The van der Waals surface area contributed by atoms with Gasteiger partial charge in [0.05, 0.1) is 19.2 Å². The number of hydrogen-bond acceptors (Lipinski definition) is 6. The summed E-state index contributed by atoms with van der Waals surface area (Å²) in [6, 6.07) is 9.74. The SMILES string of the molecule is CCOc1nnc(CN(C)C2CCCN(c3ccccc3)C2=O)s1. The lowest BCUT2D eigenvalue weighted by Crippen LogP contribution is -2.51. The first kappa shape index (κ1) is 16.9. The summed E-state index contributed by atoms with van der Waals surface area (Å²) in [5.41, 5.74) is 0.968. The summed E-state index contributed by atoms with van der Waals surface area (Å²) < 4.78 is 5.36. The summed E-state index contributed by atoms with van der Waals surface area (Å²) in [6.07, 6.45) is 1.87. The van der Waals surface area contributed by atoms with E-state index < -0.39 is 0 Å². The summed E-state index contributed by atoms with van der Waals surface area (Å²) >= 11 is 1.44. The quantitative estimate of drug-likeness (QED) is 0.804. The molecular formula is C17H22N4O2S. The Labute approximate surface area is 146 Å². The number of ether oxygens (including phenoxy) is 1. The van der Waals surface area contributed by atoms with Crippen molar-refractivity contribution in [1.29, 1.82) is 0 Å². The lowest BCUT2D eigenvalue weighted by Gasteiger charge is -2.36. The van der Waals surface area contributed by atoms with Crippen molar-refractivity contribution in [1.82, 2.24) is 15.1 Å². The van der Waals surface area contributed by atoms with Crippen molar-refractivity contribution < 1.29 is 9.53 Å². The highest BCUT2D eigenvalue weighted by atomic mass is 32.1. The van der Waals surface area contributed by atoms with E-state index in [1.807, 2.05) is 49.2 Å². The number of carbonyl (C=O) groups excluding carboxylic acids is 1. The number of hydrogen-bond donors (Lipinski definition) is 0. The Morgan fingerprint density at radius 3 is 2.88 bits per heavy atom. The van der Waals surface area contributed by atoms with Gasteiger partial charge in [-0.3, -0.25) is 9.69 Å². The number of para-hydroxylation sites is 1. The van der Waals surface area contributed by atoms with E-state index in [0.29, 0.717) is 18.3 Å². The van der Waals surface area contributed by atoms with Crippen molar-refractivity contribution in [2.75, 3.05) is 25.1 Å². The average Bonchev–Trinajstić information content (AvgIpc) is 3.03. The average molecular weight is 346 g/mol. The van der Waals surface area contributed by atoms with Gasteiger partial charge >= 0.3 is 0 Å². The smallest absolute Gasteiger partial charge is 0.294 e. The van der Waals surface area contributed by atoms with Crippen LogP contribution in [0.4, 0.5) is 5.69 Å². The van der Waals surface area contributed by atoms with Gasteiger partial charge in [-0.1, -0.05) is 29.5 Å². The molecule has 1 atom stereocenters. The molecule has 0 spiro atoms. The van der Waals surface area contributed by atoms with Crippen LogP contribution in [0.25, 0.3) is 0 Å². The van der Waals surface area contributed by atoms with Crippen LogP contribution >= 0.6 is 11.3 Å². The molecule has 2 aromatic rings. The summed E-state index contributed by atoms with van der Waals surface area (Å²) in [4.78, 5) is 16.8. The molecule has 7 heteroatoms. The van der Waals surface area contributed by atoms with Crippen molar-refractivity contribution in [3.63, 3.8) is 0 Å². The third-order valence-electron chi connectivity index (χ3n) is 4.11. The number of rotatable bonds is 6. The van der Waals surface area contributed by atoms with Crippen LogP contribution in [-0.2, 0) is 11.3 Å². The normalized spacial score (nSPS) is 18.2. The Morgan fingerprint density at radius 1 is 1.33 bits per heavy atom. The van der Waals surface area contributed by atoms with Gasteiger partial charge in [0.25, 0.3) is 5.19 Å². The van der Waals surface area contributed by atoms with Crippen LogP contribution < -0.4 is 9.64 Å². The first-order valence-corrected chi connectivity index (χ1v) is 9.02. The van der Waals surface area contributed by atoms with Crippen LogP contribution in [-0.4, -0.2) is 47.2 Å². The second kappa shape index (κ2) is 7.72. The zero-order chi connectivity index (χ0) is 16.9. The summed E-state index contributed by atoms with van der Waals surface area (Å²) in [7, 11) is 1.97. The summed E-state index contributed by atoms with van der Waals surface area (Å²) in [5.74, 6) is 0.157. The van der Waals surface area contributed by atoms with Gasteiger partial charge in [-0.2, -0.15) is 0 Å². The molecule has 1 unspecified atom stereocenters. The third-order valence-corrected chi connectivity index (χ3v) is 4.93. The van der Waals surface area contributed by atoms with Crippen molar-refractivity contribution in [2.45, 2.75) is 32.4 Å². The molecule has 1 saturated heterocycles. The lowest BCUT2D eigenvalue weighted by atomic mass is 10.0. The lowest BCUT2D eigenvalue weighted by molar-refractivity contribution is -0.125. The Kier molecular flexibility index (Phi) is 5.42. The van der Waals surface area contributed by atoms with E-state index in [2.05, 4.69) is 15.1 Å². The van der Waals surface area contributed by atoms with E-state index >= 15 is 0 Å². The number of likely N-dealkylation sites (N-methyl/N-ethyl adjacent to an activating group) is 1. The third kappa shape index (κ3) is 3.73. The zero-order valence-corrected chi connectivity index (χ0v) is 14.8. The Hall–Kier alpha value is -1.99. The molecule has 1 amide bonds. The highest BCUT2D eigenvalue weighted by Gasteiger charge is 2.32. The van der Waals surface area contributed by atoms with Gasteiger partial charge < -0.3 is 9.64 Å². The number of aromatic nitrogens is 2. The molecule has 0 radical (unpaired) electrons. The second-order valence-electron chi connectivity index (χ2n) is 5.79. The van der Waals surface area contributed by atoms with E-state index in [4.69, 9.17) is 4.74 Å². The number of anilines is 1. The van der Waals surface area contributed by atoms with Gasteiger partial charge in [-0.15, -0.1) is 10.2 Å². The molecule has 0 aliphatic carbocycles. The van der Waals surface area contributed by atoms with E-state index in [0.717, 1.165) is 30.1 Å². The van der Waals surface area contributed by atoms with Gasteiger partial charge in [-0.25, -0.2) is 0 Å². The molecule has 1 aromatic heterocycles. The molecule has 1 aliphatic rings. The Balaban J connectivity index is 1.67. The molecule has 128 valence electrons. The fourth-order valence-corrected chi connectivity index (χ4v) is 3.75. The van der Waals surface area contributed by atoms with Crippen LogP contribution in [0.15, 0.2) is 30.3 Å². The van der Waals surface area contributed by atoms with E-state index in [1.165, 1.54) is 11.3 Å². The number of benzene rings is 1. The Bertz CT molecular complexity index is 676. The summed E-state index contributed by atoms with van der Waals surface area (Å²) in [6.45, 7) is 3.88. The Morgan fingerprint density at radius 2 is 2.12 bits per heavy atom. The molecule has 0 bridgehead atoms. The fraction of sp³-hybridized carbons (Fsp3) is 0.471. The second-order valence-corrected chi connectivity index (χ2v) is 6.82. The van der Waals surface area contributed by atoms with Crippen molar-refractivity contribution >= 4 is 22.9 Å². The van der Waals surface area contributed by atoms with Gasteiger partial charge in [0.15, 0.2) is 0 Å². The fourth-order valence-electron chi connectivity index (χ4n) is 2.94. The first-order valence-electron chi connectivity index (χ1n) is 8.21. The minimum absolute atomic E-state index is 0.126. The highest BCUT2D eigenvalue weighted by molar-refractivity contribution is 7.13. The molecule has 1 aliphatic heterocycles. The highest BCUT2D eigenvalue weighted by Crippen LogP contribution is 2.25. The zero-order valence-electron chi connectivity index (χ0n) is 14.0. The topological polar surface area (TPSA) is 58.6 Å². The number of nitrogens with zero attached hydrogens (tertiary/aromatic N) is 4. The van der Waals surface area contributed by atoms with Gasteiger partial charge in [0.2, 0.25) is 5.91 Å². The molecule has 1 fully saturated rings. The molecule has 24 heavy (non-hydrogen) atoms. The van der Waals surface area contributed by atoms with Crippen molar-refractivity contribution in [3.8, 4) is 5.19 Å². The van der Waals surface area contributed by atoms with Crippen LogP contribution in [0.2, 0.25) is 0 Å². The standard InChI is InChI=1S/C17H22N4O2S/c1-3-23-17-19-18-15(24-17)12-20(2)14-10-7-11-21(16(14)22)13-8-5-4-6-9-13/h4-6,8-9,14H,3,7,10-12H2,1-2H3. The van der Waals surface area contributed by atoms with Gasteiger partial charge in [0, 0.05) is 12.2 Å². The van der Waals surface area contributed by atoms with Gasteiger partial charge in [0.1, 0.15) is 5.01 Å². The number of amides is 1. The maximum atomic E-state index is 12.9. The molecular weight excluding hydrogens is 324 g/mol. The van der Waals surface area contributed by atoms with Gasteiger partial charge in [-0.05, 0) is 38.9 Å². The van der Waals surface area contributed by atoms with Crippen LogP contribution in [0.1, 0.15) is 24.8 Å². The first-order chi connectivity index (χ1) is 11.7.